The monoisotopic (exact) mass is 416 g/mol. The van der Waals surface area contributed by atoms with Gasteiger partial charge in [-0.3, -0.25) is 4.98 Å². The largest absolute Gasteiger partial charge is 0.264 e. The highest BCUT2D eigenvalue weighted by Gasteiger charge is 2.30. The Kier molecular flexibility index (Phi) is 7.16. The summed E-state index contributed by atoms with van der Waals surface area (Å²) >= 11 is 5.54. The molecule has 9 heteroatoms. The normalized spacial score (nSPS) is 13.5. The molecule has 6 nitrogen and oxygen atoms in total. The number of aryl methyl sites for hydroxylation is 1. The van der Waals surface area contributed by atoms with Gasteiger partial charge in [-0.2, -0.15) is 0 Å². The molecule has 1 aromatic heterocycles. The molecular weight excluding hydrogens is 396 g/mol. The molecule has 0 aliphatic heterocycles. The van der Waals surface area contributed by atoms with E-state index < -0.39 is 25.1 Å². The first-order chi connectivity index (χ1) is 12.3. The Balaban J connectivity index is 2.34. The molecule has 1 heterocycles. The minimum Gasteiger partial charge on any atom is -0.264 e. The van der Waals surface area contributed by atoms with Crippen molar-refractivity contribution in [1.29, 1.82) is 0 Å². The zero-order valence-electron chi connectivity index (χ0n) is 14.3. The van der Waals surface area contributed by atoms with Gasteiger partial charge < -0.3 is 0 Å². The van der Waals surface area contributed by atoms with Crippen molar-refractivity contribution in [3.8, 4) is 0 Å². The van der Waals surface area contributed by atoms with Gasteiger partial charge in [-0.05, 0) is 37.1 Å². The second-order valence-corrected chi connectivity index (χ2v) is 10.3. The van der Waals surface area contributed by atoms with Crippen LogP contribution in [-0.2, 0) is 19.9 Å². The lowest BCUT2D eigenvalue weighted by molar-refractivity contribution is 0.568. The van der Waals surface area contributed by atoms with Crippen LogP contribution in [0.25, 0.3) is 0 Å². The fourth-order valence-electron chi connectivity index (χ4n) is 2.38. The topological polar surface area (TPSA) is 93.2 Å². The number of nitrogens with one attached hydrogen (secondary N) is 1. The van der Waals surface area contributed by atoms with Crippen molar-refractivity contribution in [2.45, 2.75) is 23.5 Å². The molecule has 0 fully saturated rings. The molecule has 2 aromatic rings. The van der Waals surface area contributed by atoms with Crippen molar-refractivity contribution in [3.63, 3.8) is 0 Å². The number of sulfonamides is 1. The van der Waals surface area contributed by atoms with E-state index in [0.717, 1.165) is 5.56 Å². The number of benzene rings is 1. The number of aromatic nitrogens is 1. The first-order valence-electron chi connectivity index (χ1n) is 8.00. The molecule has 0 spiro atoms. The highest BCUT2D eigenvalue weighted by atomic mass is 35.5. The molecule has 142 valence electrons. The highest BCUT2D eigenvalue weighted by Crippen LogP contribution is 2.28. The van der Waals surface area contributed by atoms with Crippen LogP contribution >= 0.6 is 11.6 Å². The number of alkyl halides is 1. The van der Waals surface area contributed by atoms with Gasteiger partial charge in [-0.15, -0.1) is 11.6 Å². The van der Waals surface area contributed by atoms with Crippen LogP contribution in [0.5, 0.6) is 0 Å². The van der Waals surface area contributed by atoms with E-state index in [4.69, 9.17) is 11.6 Å². The van der Waals surface area contributed by atoms with Gasteiger partial charge in [-0.25, -0.2) is 21.6 Å². The van der Waals surface area contributed by atoms with E-state index in [0.29, 0.717) is 12.0 Å². The molecule has 26 heavy (non-hydrogen) atoms. The Labute approximate surface area is 159 Å². The number of hydrogen-bond donors (Lipinski definition) is 1. The molecule has 0 saturated carbocycles. The fourth-order valence-corrected chi connectivity index (χ4v) is 5.52. The first kappa shape index (κ1) is 20.8. The minimum absolute atomic E-state index is 0.136. The van der Waals surface area contributed by atoms with Gasteiger partial charge in [0, 0.05) is 24.8 Å². The summed E-state index contributed by atoms with van der Waals surface area (Å²) < 4.78 is 52.7. The SMILES string of the molecule is Cc1ccc(S(=O)(=O)[C@H](CNS(=O)(=O)CCCCl)c2cccnc2)cc1. The Hall–Kier alpha value is -1.48. The predicted molar refractivity (Wildman–Crippen MR) is 102 cm³/mol. The maximum absolute atomic E-state index is 13.1. The minimum atomic E-state index is -3.81. The lowest BCUT2D eigenvalue weighted by Crippen LogP contribution is -2.33. The lowest BCUT2D eigenvalue weighted by atomic mass is 10.2. The van der Waals surface area contributed by atoms with Crippen molar-refractivity contribution in [2.24, 2.45) is 0 Å². The second-order valence-electron chi connectivity index (χ2n) is 5.84. The van der Waals surface area contributed by atoms with E-state index in [2.05, 4.69) is 9.71 Å². The molecule has 1 aromatic carbocycles. The molecule has 0 aliphatic carbocycles. The molecule has 1 N–H and O–H groups in total. The van der Waals surface area contributed by atoms with Crippen LogP contribution in [0.3, 0.4) is 0 Å². The maximum Gasteiger partial charge on any atom is 0.211 e. The molecule has 0 amide bonds. The Bertz CT molecular complexity index is 915. The van der Waals surface area contributed by atoms with Crippen LogP contribution in [0.1, 0.15) is 22.8 Å². The van der Waals surface area contributed by atoms with Gasteiger partial charge in [0.2, 0.25) is 10.0 Å². The van der Waals surface area contributed by atoms with Gasteiger partial charge in [0.15, 0.2) is 9.84 Å². The number of halogens is 1. The Morgan fingerprint density at radius 1 is 1.12 bits per heavy atom. The standard InChI is InChI=1S/C17H21ClN2O4S2/c1-14-5-7-16(8-6-14)26(23,24)17(15-4-2-10-19-12-15)13-20-25(21,22)11-3-9-18/h2,4-8,10,12,17,20H,3,9,11,13H2,1H3/t17-/m1/s1. The molecular formula is C17H21ClN2O4S2. The third-order valence-corrected chi connectivity index (χ3v) is 7.63. The summed E-state index contributed by atoms with van der Waals surface area (Å²) in [6.45, 7) is 1.59. The third-order valence-electron chi connectivity index (χ3n) is 3.82. The van der Waals surface area contributed by atoms with E-state index in [9.17, 15) is 16.8 Å². The summed E-state index contributed by atoms with van der Waals surface area (Å²) in [5.74, 6) is 0.0649. The zero-order chi connectivity index (χ0) is 19.2. The molecule has 0 unspecified atom stereocenters. The average Bonchev–Trinajstić information content (AvgIpc) is 2.61. The highest BCUT2D eigenvalue weighted by molar-refractivity contribution is 7.92. The average molecular weight is 417 g/mol. The Morgan fingerprint density at radius 2 is 1.81 bits per heavy atom. The van der Waals surface area contributed by atoms with Crippen LogP contribution in [0, 0.1) is 6.92 Å². The fraction of sp³-hybridized carbons (Fsp3) is 0.353. The summed E-state index contributed by atoms with van der Waals surface area (Å²) in [7, 11) is -7.42. The summed E-state index contributed by atoms with van der Waals surface area (Å²) in [4.78, 5) is 4.10. The number of hydrogen-bond acceptors (Lipinski definition) is 5. The summed E-state index contributed by atoms with van der Waals surface area (Å²) in [5, 5.41) is -1.08. The van der Waals surface area contributed by atoms with E-state index in [1.54, 1.807) is 24.3 Å². The Morgan fingerprint density at radius 3 is 2.38 bits per heavy atom. The number of nitrogens with zero attached hydrogens (tertiary/aromatic N) is 1. The quantitative estimate of drug-likeness (QED) is 0.634. The van der Waals surface area contributed by atoms with E-state index in [1.807, 2.05) is 6.92 Å². The van der Waals surface area contributed by atoms with Crippen LogP contribution in [0.2, 0.25) is 0 Å². The van der Waals surface area contributed by atoms with Crippen LogP contribution < -0.4 is 4.72 Å². The third kappa shape index (κ3) is 5.51. The summed E-state index contributed by atoms with van der Waals surface area (Å²) in [6, 6.07) is 9.70. The van der Waals surface area contributed by atoms with Gasteiger partial charge in [-0.1, -0.05) is 23.8 Å². The van der Waals surface area contributed by atoms with E-state index >= 15 is 0 Å². The van der Waals surface area contributed by atoms with Gasteiger partial charge in [0.25, 0.3) is 0 Å². The number of sulfone groups is 1. The van der Waals surface area contributed by atoms with Crippen molar-refractivity contribution in [2.75, 3.05) is 18.2 Å². The lowest BCUT2D eigenvalue weighted by Gasteiger charge is -2.19. The number of rotatable bonds is 9. The summed E-state index contributed by atoms with van der Waals surface area (Å²) in [6.07, 6.45) is 3.26. The van der Waals surface area contributed by atoms with Crippen molar-refractivity contribution >= 4 is 31.5 Å². The van der Waals surface area contributed by atoms with Gasteiger partial charge in [0.1, 0.15) is 5.25 Å². The van der Waals surface area contributed by atoms with Crippen molar-refractivity contribution in [3.05, 3.63) is 59.9 Å². The second kappa shape index (κ2) is 8.94. The van der Waals surface area contributed by atoms with Gasteiger partial charge in [0.05, 0.1) is 10.6 Å². The first-order valence-corrected chi connectivity index (χ1v) is 11.7. The zero-order valence-corrected chi connectivity index (χ0v) is 16.7. The molecule has 1 atom stereocenters. The van der Waals surface area contributed by atoms with Gasteiger partial charge >= 0.3 is 0 Å². The number of pyridine rings is 1. The smallest absolute Gasteiger partial charge is 0.211 e. The van der Waals surface area contributed by atoms with Crippen molar-refractivity contribution in [1.82, 2.24) is 9.71 Å². The molecule has 2 rings (SSSR count). The van der Waals surface area contributed by atoms with Crippen LogP contribution in [0.4, 0.5) is 0 Å². The van der Waals surface area contributed by atoms with Crippen LogP contribution in [-0.4, -0.2) is 40.0 Å². The van der Waals surface area contributed by atoms with Crippen molar-refractivity contribution < 1.29 is 16.8 Å². The van der Waals surface area contributed by atoms with E-state index in [-0.39, 0.29) is 23.1 Å². The molecule has 0 saturated heterocycles. The molecule has 0 radical (unpaired) electrons. The maximum atomic E-state index is 13.1. The predicted octanol–water partition coefficient (Wildman–Crippen LogP) is 2.45. The van der Waals surface area contributed by atoms with Crippen LogP contribution in [0.15, 0.2) is 53.7 Å². The van der Waals surface area contributed by atoms with E-state index in [1.165, 1.54) is 24.5 Å². The molecule has 0 bridgehead atoms. The molecule has 0 aliphatic rings. The summed E-state index contributed by atoms with van der Waals surface area (Å²) in [5.41, 5.74) is 1.36.